The molecule has 1 heterocycles. The number of methoxy groups -OCH3 is 1. The van der Waals surface area contributed by atoms with E-state index in [-0.39, 0.29) is 11.3 Å². The number of imide groups is 2. The van der Waals surface area contributed by atoms with Crippen LogP contribution in [-0.4, -0.2) is 25.0 Å². The van der Waals surface area contributed by atoms with Gasteiger partial charge in [0.15, 0.2) is 0 Å². The molecule has 4 amide bonds. The largest absolute Gasteiger partial charge is 0.497 e. The third-order valence-electron chi connectivity index (χ3n) is 5.52. The van der Waals surface area contributed by atoms with Crippen molar-refractivity contribution in [2.75, 3.05) is 12.0 Å². The zero-order valence-corrected chi connectivity index (χ0v) is 19.0. The molecule has 0 atom stereocenters. The van der Waals surface area contributed by atoms with E-state index < -0.39 is 23.7 Å². The van der Waals surface area contributed by atoms with Crippen molar-refractivity contribution in [2.24, 2.45) is 0 Å². The maximum atomic E-state index is 14.3. The van der Waals surface area contributed by atoms with Gasteiger partial charge in [-0.1, -0.05) is 47.5 Å². The average molecular weight is 458 g/mol. The number of urea groups is 1. The number of aryl methyl sites for hydroxylation is 2. The van der Waals surface area contributed by atoms with E-state index in [0.29, 0.717) is 22.6 Å². The predicted molar refractivity (Wildman–Crippen MR) is 127 cm³/mol. The van der Waals surface area contributed by atoms with Crippen molar-refractivity contribution in [3.8, 4) is 5.75 Å². The Morgan fingerprint density at radius 1 is 0.971 bits per heavy atom. The zero-order valence-electron chi connectivity index (χ0n) is 19.0. The lowest BCUT2D eigenvalue weighted by Gasteiger charge is -2.26. The standard InChI is InChI=1S/C27H23FN2O4/c1-16-10-17(2)12-18(11-16)13-20-14-21(34-3)9-8-19(20)15-22-25(31)29-27(33)30(26(22)32)24-7-5-4-6-23(24)28/h4-12,14-15H,13H2,1-3H3,(H,29,31,33)/b22-15-. The Morgan fingerprint density at radius 3 is 2.35 bits per heavy atom. The normalized spacial score (nSPS) is 15.0. The molecule has 0 aromatic heterocycles. The molecule has 0 saturated carbocycles. The molecule has 1 aliphatic rings. The van der Waals surface area contributed by atoms with Gasteiger partial charge in [0, 0.05) is 0 Å². The number of carbonyl (C=O) groups excluding carboxylic acids is 3. The molecule has 3 aromatic rings. The number of halogens is 1. The molecule has 0 unspecified atom stereocenters. The molecule has 34 heavy (non-hydrogen) atoms. The number of nitrogens with zero attached hydrogens (tertiary/aromatic N) is 1. The van der Waals surface area contributed by atoms with E-state index in [2.05, 4.69) is 23.5 Å². The van der Waals surface area contributed by atoms with Crippen LogP contribution in [0.1, 0.15) is 27.8 Å². The first-order valence-electron chi connectivity index (χ1n) is 10.7. The van der Waals surface area contributed by atoms with Crippen LogP contribution < -0.4 is 15.0 Å². The SMILES string of the molecule is COc1ccc(/C=C2/C(=O)NC(=O)N(c3ccccc3F)C2=O)c(Cc2cc(C)cc(C)c2)c1. The number of ether oxygens (including phenoxy) is 1. The number of carbonyl (C=O) groups is 3. The highest BCUT2D eigenvalue weighted by Crippen LogP contribution is 2.27. The Bertz CT molecular complexity index is 1330. The van der Waals surface area contributed by atoms with Crippen molar-refractivity contribution in [2.45, 2.75) is 20.3 Å². The van der Waals surface area contributed by atoms with Gasteiger partial charge in [0.05, 0.1) is 12.8 Å². The molecular weight excluding hydrogens is 435 g/mol. The topological polar surface area (TPSA) is 75.7 Å². The Morgan fingerprint density at radius 2 is 1.68 bits per heavy atom. The van der Waals surface area contributed by atoms with Crippen molar-refractivity contribution >= 4 is 29.6 Å². The molecule has 1 aliphatic heterocycles. The quantitative estimate of drug-likeness (QED) is 0.444. The molecule has 4 rings (SSSR count). The minimum absolute atomic E-state index is 0.228. The van der Waals surface area contributed by atoms with Gasteiger partial charge in [0.25, 0.3) is 11.8 Å². The Balaban J connectivity index is 1.77. The summed E-state index contributed by atoms with van der Waals surface area (Å²) in [5.74, 6) is -1.86. The molecule has 172 valence electrons. The molecule has 0 spiro atoms. The zero-order chi connectivity index (χ0) is 24.4. The van der Waals surface area contributed by atoms with Crippen LogP contribution >= 0.6 is 0 Å². The number of barbiturate groups is 1. The van der Waals surface area contributed by atoms with Gasteiger partial charge in [-0.05, 0) is 67.3 Å². The monoisotopic (exact) mass is 458 g/mol. The Hall–Kier alpha value is -4.26. The summed E-state index contributed by atoms with van der Waals surface area (Å²) in [6, 6.07) is 15.9. The van der Waals surface area contributed by atoms with Crippen molar-refractivity contribution in [1.82, 2.24) is 5.32 Å². The number of nitrogens with one attached hydrogen (secondary N) is 1. The molecule has 0 aliphatic carbocycles. The maximum absolute atomic E-state index is 14.3. The number of hydrogen-bond acceptors (Lipinski definition) is 4. The fourth-order valence-corrected chi connectivity index (χ4v) is 4.06. The molecule has 3 aromatic carbocycles. The predicted octanol–water partition coefficient (Wildman–Crippen LogP) is 4.71. The second-order valence-electron chi connectivity index (χ2n) is 8.15. The fourth-order valence-electron chi connectivity index (χ4n) is 4.06. The first kappa shape index (κ1) is 22.9. The smallest absolute Gasteiger partial charge is 0.336 e. The molecule has 1 saturated heterocycles. The van der Waals surface area contributed by atoms with Gasteiger partial charge in [-0.15, -0.1) is 0 Å². The number of amides is 4. The highest BCUT2D eigenvalue weighted by Gasteiger charge is 2.38. The van der Waals surface area contributed by atoms with E-state index in [4.69, 9.17) is 4.74 Å². The molecule has 0 radical (unpaired) electrons. The van der Waals surface area contributed by atoms with Gasteiger partial charge in [-0.25, -0.2) is 14.1 Å². The van der Waals surface area contributed by atoms with E-state index in [1.165, 1.54) is 24.3 Å². The summed E-state index contributed by atoms with van der Waals surface area (Å²) in [5, 5.41) is 2.13. The Kier molecular flexibility index (Phi) is 6.27. The lowest BCUT2D eigenvalue weighted by Crippen LogP contribution is -2.54. The lowest BCUT2D eigenvalue weighted by molar-refractivity contribution is -0.122. The summed E-state index contributed by atoms with van der Waals surface area (Å²) in [7, 11) is 1.56. The minimum atomic E-state index is -0.998. The number of rotatable bonds is 5. The van der Waals surface area contributed by atoms with Gasteiger partial charge in [-0.3, -0.25) is 14.9 Å². The van der Waals surface area contributed by atoms with Crippen LogP contribution in [0.3, 0.4) is 0 Å². The molecule has 1 fully saturated rings. The second kappa shape index (κ2) is 9.31. The van der Waals surface area contributed by atoms with Crippen LogP contribution in [-0.2, 0) is 16.0 Å². The van der Waals surface area contributed by atoms with Gasteiger partial charge in [0.2, 0.25) is 0 Å². The van der Waals surface area contributed by atoms with Gasteiger partial charge >= 0.3 is 6.03 Å². The summed E-state index contributed by atoms with van der Waals surface area (Å²) in [4.78, 5) is 38.8. The summed E-state index contributed by atoms with van der Waals surface area (Å²) >= 11 is 0. The summed E-state index contributed by atoms with van der Waals surface area (Å²) in [6.45, 7) is 4.04. The van der Waals surface area contributed by atoms with Crippen molar-refractivity contribution < 1.29 is 23.5 Å². The van der Waals surface area contributed by atoms with Gasteiger partial charge in [0.1, 0.15) is 17.1 Å². The van der Waals surface area contributed by atoms with E-state index in [0.717, 1.165) is 28.3 Å². The number of benzene rings is 3. The average Bonchev–Trinajstić information content (AvgIpc) is 2.78. The van der Waals surface area contributed by atoms with E-state index >= 15 is 0 Å². The van der Waals surface area contributed by atoms with Crippen molar-refractivity contribution in [3.05, 3.63) is 99.9 Å². The van der Waals surface area contributed by atoms with Crippen molar-refractivity contribution in [1.29, 1.82) is 0 Å². The van der Waals surface area contributed by atoms with Crippen LogP contribution in [0.25, 0.3) is 6.08 Å². The number of hydrogen-bond donors (Lipinski definition) is 1. The third kappa shape index (κ3) is 4.59. The summed E-state index contributed by atoms with van der Waals surface area (Å²) in [5.41, 5.74) is 4.25. The van der Waals surface area contributed by atoms with Crippen LogP contribution in [0.2, 0.25) is 0 Å². The molecule has 6 nitrogen and oxygen atoms in total. The minimum Gasteiger partial charge on any atom is -0.497 e. The highest BCUT2D eigenvalue weighted by atomic mass is 19.1. The maximum Gasteiger partial charge on any atom is 0.336 e. The lowest BCUT2D eigenvalue weighted by atomic mass is 9.95. The number of para-hydroxylation sites is 1. The van der Waals surface area contributed by atoms with E-state index in [9.17, 15) is 18.8 Å². The van der Waals surface area contributed by atoms with E-state index in [1.807, 2.05) is 19.9 Å². The summed E-state index contributed by atoms with van der Waals surface area (Å²) in [6.07, 6.45) is 1.96. The summed E-state index contributed by atoms with van der Waals surface area (Å²) < 4.78 is 19.7. The molecule has 7 heteroatoms. The molecule has 1 N–H and O–H groups in total. The third-order valence-corrected chi connectivity index (χ3v) is 5.52. The first-order valence-corrected chi connectivity index (χ1v) is 10.7. The first-order chi connectivity index (χ1) is 16.3. The van der Waals surface area contributed by atoms with Crippen LogP contribution in [0.5, 0.6) is 5.75 Å². The molecular formula is C27H23FN2O4. The van der Waals surface area contributed by atoms with Crippen LogP contribution in [0.15, 0.2) is 66.2 Å². The second-order valence-corrected chi connectivity index (χ2v) is 8.15. The van der Waals surface area contributed by atoms with E-state index in [1.54, 1.807) is 19.2 Å². The molecule has 0 bridgehead atoms. The Labute approximate surface area is 196 Å². The van der Waals surface area contributed by atoms with Gasteiger partial charge in [-0.2, -0.15) is 0 Å². The van der Waals surface area contributed by atoms with Crippen LogP contribution in [0.4, 0.5) is 14.9 Å². The van der Waals surface area contributed by atoms with Gasteiger partial charge < -0.3 is 4.74 Å². The highest BCUT2D eigenvalue weighted by molar-refractivity contribution is 6.39. The fraction of sp³-hybridized carbons (Fsp3) is 0.148. The van der Waals surface area contributed by atoms with Crippen molar-refractivity contribution in [3.63, 3.8) is 0 Å². The van der Waals surface area contributed by atoms with Crippen LogP contribution in [0, 0.1) is 19.7 Å². The number of anilines is 1.